The summed E-state index contributed by atoms with van der Waals surface area (Å²) in [5.74, 6) is -0.0621. The molecule has 94 valence electrons. The molecular weight excluding hydrogens is 214 g/mol. The molecule has 1 aliphatic rings. The second kappa shape index (κ2) is 7.56. The van der Waals surface area contributed by atoms with Crippen molar-refractivity contribution < 1.29 is 24.1 Å². The zero-order valence-electron chi connectivity index (χ0n) is 9.55. The van der Waals surface area contributed by atoms with Crippen molar-refractivity contribution in [2.45, 2.75) is 6.10 Å². The number of rotatable bonds is 6. The van der Waals surface area contributed by atoms with Crippen LogP contribution in [0.1, 0.15) is 0 Å². The lowest BCUT2D eigenvalue weighted by Gasteiger charge is -2.26. The average Bonchev–Trinajstić information content (AvgIpc) is 2.30. The molecule has 1 aliphatic heterocycles. The molecule has 1 atom stereocenters. The smallest absolute Gasteiger partial charge is 0.248 e. The number of ether oxygens (including phenoxy) is 3. The normalized spacial score (nSPS) is 18.5. The molecule has 0 saturated carbocycles. The van der Waals surface area contributed by atoms with Gasteiger partial charge in [0.25, 0.3) is 0 Å². The van der Waals surface area contributed by atoms with E-state index in [1.807, 2.05) is 0 Å². The van der Waals surface area contributed by atoms with E-state index in [1.54, 1.807) is 4.90 Å². The number of amides is 1. The molecule has 1 unspecified atom stereocenters. The van der Waals surface area contributed by atoms with Gasteiger partial charge in [-0.05, 0) is 0 Å². The van der Waals surface area contributed by atoms with Gasteiger partial charge in [-0.1, -0.05) is 0 Å². The Morgan fingerprint density at radius 2 is 2.12 bits per heavy atom. The minimum atomic E-state index is -0.678. The van der Waals surface area contributed by atoms with Crippen LogP contribution in [-0.2, 0) is 19.0 Å². The van der Waals surface area contributed by atoms with Crippen LogP contribution in [0.3, 0.4) is 0 Å². The molecule has 0 radical (unpaired) electrons. The Morgan fingerprint density at radius 3 is 2.75 bits per heavy atom. The molecule has 6 heteroatoms. The summed E-state index contributed by atoms with van der Waals surface area (Å²) in [4.78, 5) is 13.3. The largest absolute Gasteiger partial charge is 0.388 e. The van der Waals surface area contributed by atoms with E-state index in [4.69, 9.17) is 14.2 Å². The third-order valence-corrected chi connectivity index (χ3v) is 2.26. The minimum absolute atomic E-state index is 0.000768. The highest BCUT2D eigenvalue weighted by molar-refractivity contribution is 5.77. The number of aliphatic hydroxyl groups excluding tert-OH is 1. The molecule has 0 spiro atoms. The van der Waals surface area contributed by atoms with E-state index >= 15 is 0 Å². The molecule has 1 saturated heterocycles. The molecule has 1 fully saturated rings. The van der Waals surface area contributed by atoms with Crippen molar-refractivity contribution in [3.8, 4) is 0 Å². The summed E-state index contributed by atoms with van der Waals surface area (Å²) in [6.45, 7) is 2.72. The first-order valence-electron chi connectivity index (χ1n) is 5.34. The Bertz CT molecular complexity index is 205. The summed E-state index contributed by atoms with van der Waals surface area (Å²) >= 11 is 0. The van der Waals surface area contributed by atoms with Gasteiger partial charge < -0.3 is 24.2 Å². The van der Waals surface area contributed by atoms with Crippen LogP contribution in [0.15, 0.2) is 0 Å². The van der Waals surface area contributed by atoms with Gasteiger partial charge in [-0.15, -0.1) is 0 Å². The highest BCUT2D eigenvalue weighted by atomic mass is 16.5. The van der Waals surface area contributed by atoms with Crippen LogP contribution in [0.4, 0.5) is 0 Å². The molecule has 1 N–H and O–H groups in total. The Morgan fingerprint density at radius 1 is 1.44 bits per heavy atom. The van der Waals surface area contributed by atoms with Gasteiger partial charge in [0.05, 0.1) is 26.4 Å². The van der Waals surface area contributed by atoms with E-state index in [9.17, 15) is 9.90 Å². The molecule has 1 amide bonds. The van der Waals surface area contributed by atoms with Crippen LogP contribution in [-0.4, -0.2) is 75.3 Å². The maximum absolute atomic E-state index is 11.6. The predicted octanol–water partition coefficient (Wildman–Crippen LogP) is -1.13. The van der Waals surface area contributed by atoms with Gasteiger partial charge in [-0.2, -0.15) is 0 Å². The number of nitrogens with zero attached hydrogens (tertiary/aromatic N) is 1. The van der Waals surface area contributed by atoms with E-state index in [1.165, 1.54) is 7.11 Å². The molecule has 16 heavy (non-hydrogen) atoms. The number of hydrogen-bond acceptors (Lipinski definition) is 5. The molecule has 0 bridgehead atoms. The van der Waals surface area contributed by atoms with Gasteiger partial charge in [-0.3, -0.25) is 4.79 Å². The first-order chi connectivity index (χ1) is 7.74. The van der Waals surface area contributed by atoms with E-state index in [0.717, 1.165) is 0 Å². The first kappa shape index (κ1) is 13.4. The Labute approximate surface area is 95.1 Å². The third-order valence-electron chi connectivity index (χ3n) is 2.26. The van der Waals surface area contributed by atoms with Crippen LogP contribution in [0.25, 0.3) is 0 Å². The zero-order valence-corrected chi connectivity index (χ0v) is 9.55. The Balaban J connectivity index is 2.09. The van der Waals surface area contributed by atoms with Crippen LogP contribution >= 0.6 is 0 Å². The van der Waals surface area contributed by atoms with Crippen molar-refractivity contribution in [1.82, 2.24) is 4.90 Å². The molecule has 1 heterocycles. The fourth-order valence-electron chi connectivity index (χ4n) is 1.43. The monoisotopic (exact) mass is 233 g/mol. The summed E-state index contributed by atoms with van der Waals surface area (Å²) in [6, 6.07) is 0. The number of hydrogen-bond donors (Lipinski definition) is 1. The van der Waals surface area contributed by atoms with Gasteiger partial charge in [-0.25, -0.2) is 0 Å². The van der Waals surface area contributed by atoms with Crippen molar-refractivity contribution in [2.75, 3.05) is 53.2 Å². The first-order valence-corrected chi connectivity index (χ1v) is 5.34. The lowest BCUT2D eigenvalue weighted by Crippen LogP contribution is -2.42. The van der Waals surface area contributed by atoms with Crippen molar-refractivity contribution in [1.29, 1.82) is 0 Å². The quantitative estimate of drug-likeness (QED) is 0.628. The number of morpholine rings is 1. The molecule has 0 aromatic heterocycles. The maximum Gasteiger partial charge on any atom is 0.248 e. The predicted molar refractivity (Wildman–Crippen MR) is 56.1 cm³/mol. The lowest BCUT2D eigenvalue weighted by atomic mass is 10.4. The van der Waals surface area contributed by atoms with Gasteiger partial charge >= 0.3 is 0 Å². The fourth-order valence-corrected chi connectivity index (χ4v) is 1.43. The van der Waals surface area contributed by atoms with E-state index in [-0.39, 0.29) is 25.7 Å². The summed E-state index contributed by atoms with van der Waals surface area (Å²) in [7, 11) is 1.50. The number of aliphatic hydroxyl groups is 1. The lowest BCUT2D eigenvalue weighted by molar-refractivity contribution is -0.141. The SMILES string of the molecule is COCC(O)COCC(=O)N1CCOCC1. The second-order valence-electron chi connectivity index (χ2n) is 3.62. The van der Waals surface area contributed by atoms with Gasteiger partial charge in [0.2, 0.25) is 5.91 Å². The van der Waals surface area contributed by atoms with Gasteiger partial charge in [0.15, 0.2) is 0 Å². The standard InChI is InChI=1S/C10H19NO5/c1-14-6-9(12)7-16-8-10(13)11-2-4-15-5-3-11/h9,12H,2-8H2,1H3. The van der Waals surface area contributed by atoms with E-state index in [0.29, 0.717) is 26.3 Å². The van der Waals surface area contributed by atoms with Crippen molar-refractivity contribution in [3.63, 3.8) is 0 Å². The number of carbonyl (C=O) groups excluding carboxylic acids is 1. The highest BCUT2D eigenvalue weighted by Crippen LogP contribution is 1.98. The van der Waals surface area contributed by atoms with Crippen molar-refractivity contribution >= 4 is 5.91 Å². The van der Waals surface area contributed by atoms with Gasteiger partial charge in [0, 0.05) is 20.2 Å². The minimum Gasteiger partial charge on any atom is -0.388 e. The maximum atomic E-state index is 11.6. The average molecular weight is 233 g/mol. The number of methoxy groups -OCH3 is 1. The molecule has 6 nitrogen and oxygen atoms in total. The molecule has 0 aromatic carbocycles. The summed E-state index contributed by atoms with van der Waals surface area (Å²) in [5, 5.41) is 9.28. The fraction of sp³-hybridized carbons (Fsp3) is 0.900. The van der Waals surface area contributed by atoms with Crippen molar-refractivity contribution in [3.05, 3.63) is 0 Å². The molecule has 1 rings (SSSR count). The Hall–Kier alpha value is -0.690. The third kappa shape index (κ3) is 4.89. The van der Waals surface area contributed by atoms with Gasteiger partial charge in [0.1, 0.15) is 12.7 Å². The summed E-state index contributed by atoms with van der Waals surface area (Å²) < 4.78 is 15.0. The second-order valence-corrected chi connectivity index (χ2v) is 3.62. The number of carbonyl (C=O) groups is 1. The van der Waals surface area contributed by atoms with E-state index in [2.05, 4.69) is 0 Å². The van der Waals surface area contributed by atoms with Crippen molar-refractivity contribution in [2.24, 2.45) is 0 Å². The Kier molecular flexibility index (Phi) is 6.32. The van der Waals surface area contributed by atoms with Crippen LogP contribution in [0, 0.1) is 0 Å². The molecular formula is C10H19NO5. The van der Waals surface area contributed by atoms with Crippen LogP contribution in [0.2, 0.25) is 0 Å². The summed E-state index contributed by atoms with van der Waals surface area (Å²) in [5.41, 5.74) is 0. The van der Waals surface area contributed by atoms with Crippen LogP contribution in [0.5, 0.6) is 0 Å². The van der Waals surface area contributed by atoms with E-state index < -0.39 is 6.10 Å². The zero-order chi connectivity index (χ0) is 11.8. The molecule has 0 aliphatic carbocycles. The highest BCUT2D eigenvalue weighted by Gasteiger charge is 2.16. The summed E-state index contributed by atoms with van der Waals surface area (Å²) in [6.07, 6.45) is -0.678. The molecule has 0 aromatic rings. The topological polar surface area (TPSA) is 68.2 Å². The van der Waals surface area contributed by atoms with Crippen LogP contribution < -0.4 is 0 Å².